The molecule has 0 saturated carbocycles. The van der Waals surface area contributed by atoms with Gasteiger partial charge in [-0.2, -0.15) is 0 Å². The molecule has 0 aromatic heterocycles. The lowest BCUT2D eigenvalue weighted by molar-refractivity contribution is 0.214. The maximum absolute atomic E-state index is 10.5. The molecule has 1 atom stereocenters. The van der Waals surface area contributed by atoms with E-state index in [2.05, 4.69) is 0 Å². The lowest BCUT2D eigenvalue weighted by Crippen LogP contribution is -2.03. The molecule has 0 aliphatic heterocycles. The number of rotatable bonds is 5. The smallest absolute Gasteiger partial charge is 0.125 e. The Hall–Kier alpha value is -2.20. The van der Waals surface area contributed by atoms with Crippen molar-refractivity contribution in [3.8, 4) is 17.2 Å². The van der Waals surface area contributed by atoms with Crippen LogP contribution in [0.5, 0.6) is 17.2 Å². The van der Waals surface area contributed by atoms with E-state index in [1.807, 2.05) is 24.3 Å². The van der Waals surface area contributed by atoms with E-state index in [9.17, 15) is 5.11 Å². The number of aliphatic hydroxyl groups excluding tert-OH is 1. The van der Waals surface area contributed by atoms with Gasteiger partial charge in [0.25, 0.3) is 0 Å². The van der Waals surface area contributed by atoms with Crippen LogP contribution in [0.3, 0.4) is 0 Å². The van der Waals surface area contributed by atoms with Crippen molar-refractivity contribution in [3.63, 3.8) is 0 Å². The Bertz CT molecular complexity index is 563. The summed E-state index contributed by atoms with van der Waals surface area (Å²) in [6.45, 7) is 0. The Labute approximate surface area is 118 Å². The van der Waals surface area contributed by atoms with Crippen molar-refractivity contribution in [2.75, 3.05) is 21.3 Å². The van der Waals surface area contributed by atoms with Gasteiger partial charge < -0.3 is 19.3 Å². The summed E-state index contributed by atoms with van der Waals surface area (Å²) in [7, 11) is 4.77. The molecule has 2 rings (SSSR count). The number of methoxy groups -OCH3 is 3. The van der Waals surface area contributed by atoms with E-state index < -0.39 is 6.10 Å². The second-order valence-electron chi connectivity index (χ2n) is 4.28. The minimum Gasteiger partial charge on any atom is -0.497 e. The van der Waals surface area contributed by atoms with E-state index >= 15 is 0 Å². The molecule has 0 bridgehead atoms. The molecule has 0 heterocycles. The summed E-state index contributed by atoms with van der Waals surface area (Å²) in [6, 6.07) is 12.6. The average Bonchev–Trinajstić information content (AvgIpc) is 2.53. The summed E-state index contributed by atoms with van der Waals surface area (Å²) >= 11 is 0. The van der Waals surface area contributed by atoms with Gasteiger partial charge in [0.1, 0.15) is 23.4 Å². The molecular formula is C16H18O4. The summed E-state index contributed by atoms with van der Waals surface area (Å²) < 4.78 is 15.6. The summed E-state index contributed by atoms with van der Waals surface area (Å²) in [4.78, 5) is 0. The molecule has 2 aromatic rings. The third kappa shape index (κ3) is 2.86. The van der Waals surface area contributed by atoms with Gasteiger partial charge in [-0.05, 0) is 35.9 Å². The van der Waals surface area contributed by atoms with Crippen molar-refractivity contribution < 1.29 is 19.3 Å². The highest BCUT2D eigenvalue weighted by Crippen LogP contribution is 2.33. The maximum Gasteiger partial charge on any atom is 0.125 e. The number of aliphatic hydroxyl groups is 1. The SMILES string of the molecule is COc1ccc(C(O)c2cc(OC)ccc2OC)cc1. The predicted octanol–water partition coefficient (Wildman–Crippen LogP) is 2.79. The molecule has 0 aliphatic rings. The molecule has 4 heteroatoms. The van der Waals surface area contributed by atoms with Crippen molar-refractivity contribution in [2.45, 2.75) is 6.10 Å². The largest absolute Gasteiger partial charge is 0.497 e. The standard InChI is InChI=1S/C16H18O4/c1-18-12-6-4-11(5-7-12)16(17)14-10-13(19-2)8-9-15(14)20-3/h4-10,16-17H,1-3H3. The fourth-order valence-electron chi connectivity index (χ4n) is 2.02. The van der Waals surface area contributed by atoms with Crippen LogP contribution in [0, 0.1) is 0 Å². The van der Waals surface area contributed by atoms with Crippen molar-refractivity contribution in [1.82, 2.24) is 0 Å². The van der Waals surface area contributed by atoms with E-state index in [1.54, 1.807) is 39.5 Å². The van der Waals surface area contributed by atoms with Crippen LogP contribution in [-0.2, 0) is 0 Å². The average molecular weight is 274 g/mol. The highest BCUT2D eigenvalue weighted by molar-refractivity contribution is 5.45. The van der Waals surface area contributed by atoms with E-state index in [1.165, 1.54) is 0 Å². The number of hydrogen-bond acceptors (Lipinski definition) is 4. The molecule has 0 fully saturated rings. The molecule has 4 nitrogen and oxygen atoms in total. The van der Waals surface area contributed by atoms with E-state index in [0.717, 1.165) is 11.3 Å². The van der Waals surface area contributed by atoms with Gasteiger partial charge in [-0.1, -0.05) is 12.1 Å². The zero-order valence-electron chi connectivity index (χ0n) is 11.8. The minimum atomic E-state index is -0.786. The lowest BCUT2D eigenvalue weighted by Gasteiger charge is -2.16. The van der Waals surface area contributed by atoms with Gasteiger partial charge in [0.2, 0.25) is 0 Å². The van der Waals surface area contributed by atoms with E-state index in [-0.39, 0.29) is 0 Å². The maximum atomic E-state index is 10.5. The van der Waals surface area contributed by atoms with Crippen LogP contribution in [0.4, 0.5) is 0 Å². The van der Waals surface area contributed by atoms with Crippen LogP contribution in [0.25, 0.3) is 0 Å². The zero-order chi connectivity index (χ0) is 14.5. The van der Waals surface area contributed by atoms with Crippen molar-refractivity contribution in [1.29, 1.82) is 0 Å². The topological polar surface area (TPSA) is 47.9 Å². The summed E-state index contributed by atoms with van der Waals surface area (Å²) in [5, 5.41) is 10.5. The van der Waals surface area contributed by atoms with Crippen LogP contribution in [-0.4, -0.2) is 26.4 Å². The summed E-state index contributed by atoms with van der Waals surface area (Å²) in [5.74, 6) is 2.04. The third-order valence-corrected chi connectivity index (χ3v) is 3.16. The second kappa shape index (κ2) is 6.30. The molecule has 1 unspecified atom stereocenters. The first kappa shape index (κ1) is 14.2. The molecular weight excluding hydrogens is 256 g/mol. The first-order valence-electron chi connectivity index (χ1n) is 6.23. The second-order valence-corrected chi connectivity index (χ2v) is 4.28. The van der Waals surface area contributed by atoms with Crippen molar-refractivity contribution in [3.05, 3.63) is 53.6 Å². The molecule has 0 radical (unpaired) electrons. The van der Waals surface area contributed by atoms with Gasteiger partial charge in [0.15, 0.2) is 0 Å². The molecule has 0 amide bonds. The highest BCUT2D eigenvalue weighted by atomic mass is 16.5. The Balaban J connectivity index is 2.37. The molecule has 106 valence electrons. The van der Waals surface area contributed by atoms with Crippen LogP contribution in [0.1, 0.15) is 17.2 Å². The van der Waals surface area contributed by atoms with E-state index in [0.29, 0.717) is 17.1 Å². The van der Waals surface area contributed by atoms with Gasteiger partial charge in [-0.15, -0.1) is 0 Å². The Kier molecular flexibility index (Phi) is 4.48. The molecule has 0 aliphatic carbocycles. The molecule has 2 aromatic carbocycles. The number of ether oxygens (including phenoxy) is 3. The third-order valence-electron chi connectivity index (χ3n) is 3.16. The quantitative estimate of drug-likeness (QED) is 0.910. The predicted molar refractivity (Wildman–Crippen MR) is 76.6 cm³/mol. The minimum absolute atomic E-state index is 0.620. The van der Waals surface area contributed by atoms with Gasteiger partial charge in [0.05, 0.1) is 21.3 Å². The molecule has 0 spiro atoms. The Morgan fingerprint density at radius 3 is 1.95 bits per heavy atom. The van der Waals surface area contributed by atoms with Gasteiger partial charge in [-0.25, -0.2) is 0 Å². The number of hydrogen-bond donors (Lipinski definition) is 1. The van der Waals surface area contributed by atoms with Gasteiger partial charge in [-0.3, -0.25) is 0 Å². The van der Waals surface area contributed by atoms with Crippen molar-refractivity contribution in [2.24, 2.45) is 0 Å². The summed E-state index contributed by atoms with van der Waals surface area (Å²) in [5.41, 5.74) is 1.43. The normalized spacial score (nSPS) is 11.8. The van der Waals surface area contributed by atoms with Crippen molar-refractivity contribution >= 4 is 0 Å². The van der Waals surface area contributed by atoms with Crippen LogP contribution < -0.4 is 14.2 Å². The van der Waals surface area contributed by atoms with Crippen LogP contribution in [0.2, 0.25) is 0 Å². The van der Waals surface area contributed by atoms with Gasteiger partial charge in [0, 0.05) is 5.56 Å². The first-order valence-corrected chi connectivity index (χ1v) is 6.23. The van der Waals surface area contributed by atoms with E-state index in [4.69, 9.17) is 14.2 Å². The zero-order valence-corrected chi connectivity index (χ0v) is 11.8. The molecule has 0 saturated heterocycles. The first-order chi connectivity index (χ1) is 9.69. The fourth-order valence-corrected chi connectivity index (χ4v) is 2.02. The Morgan fingerprint density at radius 1 is 0.800 bits per heavy atom. The molecule has 20 heavy (non-hydrogen) atoms. The Morgan fingerprint density at radius 2 is 1.40 bits per heavy atom. The highest BCUT2D eigenvalue weighted by Gasteiger charge is 2.16. The van der Waals surface area contributed by atoms with Crippen LogP contribution >= 0.6 is 0 Å². The van der Waals surface area contributed by atoms with Gasteiger partial charge >= 0.3 is 0 Å². The lowest BCUT2D eigenvalue weighted by atomic mass is 10.0. The fraction of sp³-hybridized carbons (Fsp3) is 0.250. The van der Waals surface area contributed by atoms with Crippen LogP contribution in [0.15, 0.2) is 42.5 Å². The summed E-state index contributed by atoms with van der Waals surface area (Å²) in [6.07, 6.45) is -0.786. The monoisotopic (exact) mass is 274 g/mol. The number of benzene rings is 2. The molecule has 1 N–H and O–H groups in total.